The topological polar surface area (TPSA) is 88.0 Å². The van der Waals surface area contributed by atoms with Gasteiger partial charge in [0.2, 0.25) is 0 Å². The molecule has 2 amide bonds. The van der Waals surface area contributed by atoms with E-state index in [0.29, 0.717) is 6.54 Å². The molecule has 2 N–H and O–H groups in total. The smallest absolute Gasteiger partial charge is 0.315 e. The number of pyridine rings is 1. The van der Waals surface area contributed by atoms with Crippen molar-refractivity contribution in [2.45, 2.75) is 32.0 Å². The van der Waals surface area contributed by atoms with Crippen LogP contribution in [0.4, 0.5) is 10.6 Å². The van der Waals surface area contributed by atoms with E-state index >= 15 is 0 Å². The van der Waals surface area contributed by atoms with Gasteiger partial charge in [0.1, 0.15) is 18.0 Å². The fourth-order valence-electron chi connectivity index (χ4n) is 2.62. The Kier molecular flexibility index (Phi) is 4.40. The van der Waals surface area contributed by atoms with E-state index in [2.05, 4.69) is 25.7 Å². The standard InChI is InChI=1S/C15H21N7O/c1-21(2)13-7-3-5-11(19-13)9-16-15(23)20-12-6-4-8-22-14(12)17-10-18-22/h3,5,7,10,12H,4,6,8-9H2,1-2H3,(H2,16,20,23)/t12-/m0/s1. The van der Waals surface area contributed by atoms with Gasteiger partial charge in [0.05, 0.1) is 18.3 Å². The molecule has 1 aliphatic heterocycles. The van der Waals surface area contributed by atoms with Crippen molar-refractivity contribution < 1.29 is 4.79 Å². The van der Waals surface area contributed by atoms with Crippen LogP contribution < -0.4 is 15.5 Å². The first-order valence-corrected chi connectivity index (χ1v) is 7.69. The van der Waals surface area contributed by atoms with Gasteiger partial charge in [-0.05, 0) is 25.0 Å². The lowest BCUT2D eigenvalue weighted by Crippen LogP contribution is -2.40. The molecule has 2 aromatic rings. The number of nitrogens with zero attached hydrogens (tertiary/aromatic N) is 5. The minimum Gasteiger partial charge on any atom is -0.363 e. The van der Waals surface area contributed by atoms with E-state index in [0.717, 1.165) is 36.7 Å². The number of urea groups is 1. The quantitative estimate of drug-likeness (QED) is 0.881. The Balaban J connectivity index is 1.56. The second kappa shape index (κ2) is 6.64. The maximum Gasteiger partial charge on any atom is 0.315 e. The molecule has 23 heavy (non-hydrogen) atoms. The third-order valence-corrected chi connectivity index (χ3v) is 3.81. The molecule has 1 aliphatic rings. The van der Waals surface area contributed by atoms with Gasteiger partial charge in [-0.15, -0.1) is 0 Å². The number of aromatic nitrogens is 4. The number of aryl methyl sites for hydroxylation is 1. The zero-order chi connectivity index (χ0) is 16.2. The van der Waals surface area contributed by atoms with Crippen LogP contribution in [0.5, 0.6) is 0 Å². The van der Waals surface area contributed by atoms with E-state index in [9.17, 15) is 4.79 Å². The minimum atomic E-state index is -0.219. The van der Waals surface area contributed by atoms with Crippen LogP contribution in [-0.2, 0) is 13.1 Å². The summed E-state index contributed by atoms with van der Waals surface area (Å²) in [4.78, 5) is 22.8. The molecule has 2 aromatic heterocycles. The van der Waals surface area contributed by atoms with Crippen LogP contribution in [0.15, 0.2) is 24.5 Å². The third-order valence-electron chi connectivity index (χ3n) is 3.81. The maximum atomic E-state index is 12.1. The van der Waals surface area contributed by atoms with Gasteiger partial charge in [-0.3, -0.25) is 0 Å². The number of carbonyl (C=O) groups is 1. The van der Waals surface area contributed by atoms with Crippen molar-refractivity contribution in [3.8, 4) is 0 Å². The lowest BCUT2D eigenvalue weighted by Gasteiger charge is -2.23. The molecule has 0 fully saturated rings. The predicted molar refractivity (Wildman–Crippen MR) is 85.9 cm³/mol. The highest BCUT2D eigenvalue weighted by Gasteiger charge is 2.23. The van der Waals surface area contributed by atoms with Gasteiger partial charge < -0.3 is 15.5 Å². The molecule has 0 aliphatic carbocycles. The zero-order valence-electron chi connectivity index (χ0n) is 13.4. The van der Waals surface area contributed by atoms with E-state index in [1.54, 1.807) is 0 Å². The van der Waals surface area contributed by atoms with Crippen molar-refractivity contribution in [2.24, 2.45) is 0 Å². The van der Waals surface area contributed by atoms with Crippen LogP contribution in [-0.4, -0.2) is 39.9 Å². The van der Waals surface area contributed by atoms with Gasteiger partial charge in [-0.2, -0.15) is 5.10 Å². The second-order valence-corrected chi connectivity index (χ2v) is 5.74. The first kappa shape index (κ1) is 15.3. The van der Waals surface area contributed by atoms with Gasteiger partial charge in [-0.1, -0.05) is 6.07 Å². The zero-order valence-corrected chi connectivity index (χ0v) is 13.4. The summed E-state index contributed by atoms with van der Waals surface area (Å²) in [6, 6.07) is 5.44. The Labute approximate surface area is 134 Å². The molecule has 0 saturated carbocycles. The van der Waals surface area contributed by atoms with Gasteiger partial charge >= 0.3 is 6.03 Å². The van der Waals surface area contributed by atoms with Gasteiger partial charge in [0.25, 0.3) is 0 Å². The lowest BCUT2D eigenvalue weighted by molar-refractivity contribution is 0.232. The molecule has 0 unspecified atom stereocenters. The second-order valence-electron chi connectivity index (χ2n) is 5.74. The minimum absolute atomic E-state index is 0.0904. The van der Waals surface area contributed by atoms with Crippen molar-refractivity contribution in [2.75, 3.05) is 19.0 Å². The first-order chi connectivity index (χ1) is 11.1. The van der Waals surface area contributed by atoms with Crippen LogP contribution >= 0.6 is 0 Å². The van der Waals surface area contributed by atoms with Crippen LogP contribution in [0, 0.1) is 0 Å². The summed E-state index contributed by atoms with van der Waals surface area (Å²) in [6.07, 6.45) is 3.39. The van der Waals surface area contributed by atoms with Gasteiger partial charge in [0, 0.05) is 20.6 Å². The fraction of sp³-hybridized carbons (Fsp3) is 0.467. The summed E-state index contributed by atoms with van der Waals surface area (Å²) in [6.45, 7) is 1.24. The summed E-state index contributed by atoms with van der Waals surface area (Å²) >= 11 is 0. The molecule has 0 bridgehead atoms. The average Bonchev–Trinajstić information content (AvgIpc) is 3.03. The van der Waals surface area contributed by atoms with Crippen LogP contribution in [0.2, 0.25) is 0 Å². The Hall–Kier alpha value is -2.64. The molecular weight excluding hydrogens is 294 g/mol. The Morgan fingerprint density at radius 2 is 2.30 bits per heavy atom. The number of fused-ring (bicyclic) bond motifs is 1. The molecule has 8 nitrogen and oxygen atoms in total. The van der Waals surface area contributed by atoms with Crippen molar-refractivity contribution in [1.29, 1.82) is 0 Å². The number of hydrogen-bond donors (Lipinski definition) is 2. The Bertz CT molecular complexity index is 682. The molecule has 8 heteroatoms. The number of anilines is 1. The monoisotopic (exact) mass is 315 g/mol. The van der Waals surface area contributed by atoms with Crippen molar-refractivity contribution in [3.05, 3.63) is 36.0 Å². The summed E-state index contributed by atoms with van der Waals surface area (Å²) in [5.41, 5.74) is 0.818. The van der Waals surface area contributed by atoms with E-state index in [-0.39, 0.29) is 12.1 Å². The third kappa shape index (κ3) is 3.58. The van der Waals surface area contributed by atoms with E-state index in [1.807, 2.05) is 41.9 Å². The molecular formula is C15H21N7O. The number of rotatable bonds is 4. The molecule has 0 aromatic carbocycles. The number of carbonyl (C=O) groups excluding carboxylic acids is 1. The summed E-state index contributed by atoms with van der Waals surface area (Å²) in [5.74, 6) is 1.68. The largest absolute Gasteiger partial charge is 0.363 e. The SMILES string of the molecule is CN(C)c1cccc(CNC(=O)N[C@H]2CCCn3ncnc32)n1. The van der Waals surface area contributed by atoms with Crippen LogP contribution in [0.3, 0.4) is 0 Å². The molecule has 122 valence electrons. The number of amides is 2. The number of hydrogen-bond acceptors (Lipinski definition) is 5. The molecule has 3 heterocycles. The normalized spacial score (nSPS) is 16.5. The maximum absolute atomic E-state index is 12.1. The van der Waals surface area contributed by atoms with Gasteiger partial charge in [0.15, 0.2) is 0 Å². The Morgan fingerprint density at radius 1 is 1.43 bits per heavy atom. The van der Waals surface area contributed by atoms with Gasteiger partial charge in [-0.25, -0.2) is 19.4 Å². The summed E-state index contributed by atoms with van der Waals surface area (Å²) in [5, 5.41) is 9.96. The summed E-state index contributed by atoms with van der Waals surface area (Å²) in [7, 11) is 3.87. The van der Waals surface area contributed by atoms with E-state index < -0.39 is 0 Å². The van der Waals surface area contributed by atoms with Crippen molar-refractivity contribution >= 4 is 11.8 Å². The molecule has 3 rings (SSSR count). The lowest BCUT2D eigenvalue weighted by atomic mass is 10.1. The molecule has 1 atom stereocenters. The van der Waals surface area contributed by atoms with Crippen LogP contribution in [0.1, 0.15) is 30.4 Å². The van der Waals surface area contributed by atoms with Crippen LogP contribution in [0.25, 0.3) is 0 Å². The first-order valence-electron chi connectivity index (χ1n) is 7.69. The molecule has 0 spiro atoms. The van der Waals surface area contributed by atoms with E-state index in [4.69, 9.17) is 0 Å². The van der Waals surface area contributed by atoms with Crippen molar-refractivity contribution in [1.82, 2.24) is 30.4 Å². The highest BCUT2D eigenvalue weighted by molar-refractivity contribution is 5.74. The number of nitrogens with one attached hydrogen (secondary N) is 2. The molecule has 0 radical (unpaired) electrons. The van der Waals surface area contributed by atoms with E-state index in [1.165, 1.54) is 6.33 Å². The molecule has 0 saturated heterocycles. The highest BCUT2D eigenvalue weighted by Crippen LogP contribution is 2.21. The van der Waals surface area contributed by atoms with Crippen molar-refractivity contribution in [3.63, 3.8) is 0 Å². The summed E-state index contributed by atoms with van der Waals surface area (Å²) < 4.78 is 1.84. The average molecular weight is 315 g/mol. The fourth-order valence-corrected chi connectivity index (χ4v) is 2.62. The predicted octanol–water partition coefficient (Wildman–Crippen LogP) is 1.07. The Morgan fingerprint density at radius 3 is 3.13 bits per heavy atom. The highest BCUT2D eigenvalue weighted by atomic mass is 16.2.